The molecule has 0 bridgehead atoms. The third-order valence-corrected chi connectivity index (χ3v) is 5.93. The highest BCUT2D eigenvalue weighted by Gasteiger charge is 2.34. The largest absolute Gasteiger partial charge is 0.493 e. The minimum atomic E-state index is -0.463. The summed E-state index contributed by atoms with van der Waals surface area (Å²) < 4.78 is 13.3. The van der Waals surface area contributed by atoms with Crippen molar-refractivity contribution in [3.05, 3.63) is 119 Å². The fourth-order valence-electron chi connectivity index (χ4n) is 4.14. The van der Waals surface area contributed by atoms with Crippen molar-refractivity contribution in [1.82, 2.24) is 14.8 Å². The van der Waals surface area contributed by atoms with Gasteiger partial charge in [0.15, 0.2) is 0 Å². The van der Waals surface area contributed by atoms with Crippen molar-refractivity contribution in [2.24, 2.45) is 0 Å². The van der Waals surface area contributed by atoms with Gasteiger partial charge in [-0.1, -0.05) is 72.8 Å². The predicted octanol–water partition coefficient (Wildman–Crippen LogP) is 4.93. The maximum absolute atomic E-state index is 13.2. The van der Waals surface area contributed by atoms with Gasteiger partial charge >= 0.3 is 5.97 Å². The molecule has 1 unspecified atom stereocenters. The van der Waals surface area contributed by atoms with Gasteiger partial charge in [-0.3, -0.25) is 0 Å². The molecule has 0 spiro atoms. The molecule has 1 atom stereocenters. The second kappa shape index (κ2) is 10.3. The van der Waals surface area contributed by atoms with Crippen LogP contribution in [0.2, 0.25) is 0 Å². The highest BCUT2D eigenvalue weighted by atomic mass is 16.5. The molecule has 0 saturated carbocycles. The van der Waals surface area contributed by atoms with E-state index in [0.29, 0.717) is 23.8 Å². The zero-order valence-corrected chi connectivity index (χ0v) is 19.4. The molecule has 5 rings (SSSR count). The van der Waals surface area contributed by atoms with Crippen LogP contribution < -0.4 is 10.1 Å². The van der Waals surface area contributed by atoms with Gasteiger partial charge in [0.25, 0.3) is 0 Å². The normalized spacial score (nSPS) is 14.7. The van der Waals surface area contributed by atoms with E-state index in [-0.39, 0.29) is 6.61 Å². The van der Waals surface area contributed by atoms with E-state index in [1.165, 1.54) is 11.9 Å². The first-order valence-corrected chi connectivity index (χ1v) is 11.5. The lowest BCUT2D eigenvalue weighted by atomic mass is 9.95. The van der Waals surface area contributed by atoms with E-state index in [1.807, 2.05) is 79.7 Å². The Kier molecular flexibility index (Phi) is 6.57. The van der Waals surface area contributed by atoms with Gasteiger partial charge in [0.2, 0.25) is 5.95 Å². The van der Waals surface area contributed by atoms with Crippen molar-refractivity contribution in [2.45, 2.75) is 26.0 Å². The summed E-state index contributed by atoms with van der Waals surface area (Å²) in [6.07, 6.45) is 2.31. The Balaban J connectivity index is 1.33. The molecule has 176 valence electrons. The number of ether oxygens (including phenoxy) is 2. The van der Waals surface area contributed by atoms with Crippen molar-refractivity contribution in [2.75, 3.05) is 11.9 Å². The Labute approximate surface area is 204 Å². The number of anilines is 1. The maximum atomic E-state index is 13.2. The van der Waals surface area contributed by atoms with Crippen LogP contribution in [0.15, 0.2) is 103 Å². The Morgan fingerprint density at radius 1 is 0.943 bits per heavy atom. The predicted molar refractivity (Wildman–Crippen MR) is 133 cm³/mol. The van der Waals surface area contributed by atoms with E-state index in [9.17, 15) is 4.79 Å². The van der Waals surface area contributed by atoms with E-state index < -0.39 is 12.0 Å². The molecule has 7 nitrogen and oxygen atoms in total. The molecule has 1 aliphatic heterocycles. The third kappa shape index (κ3) is 5.09. The molecule has 1 N–H and O–H groups in total. The van der Waals surface area contributed by atoms with Crippen LogP contribution in [-0.4, -0.2) is 27.3 Å². The number of aromatic nitrogens is 3. The van der Waals surface area contributed by atoms with Gasteiger partial charge in [0.1, 0.15) is 24.7 Å². The molecule has 0 fully saturated rings. The minimum Gasteiger partial charge on any atom is -0.493 e. The number of benzene rings is 3. The number of nitrogens with zero attached hydrogens (tertiary/aromatic N) is 3. The summed E-state index contributed by atoms with van der Waals surface area (Å²) in [5, 5.41) is 7.54. The van der Waals surface area contributed by atoms with Crippen molar-refractivity contribution >= 4 is 11.9 Å². The first-order valence-electron chi connectivity index (χ1n) is 11.5. The second-order valence-electron chi connectivity index (χ2n) is 8.31. The van der Waals surface area contributed by atoms with Gasteiger partial charge < -0.3 is 14.8 Å². The zero-order chi connectivity index (χ0) is 24.0. The quantitative estimate of drug-likeness (QED) is 0.371. The van der Waals surface area contributed by atoms with Gasteiger partial charge in [0.05, 0.1) is 12.2 Å². The van der Waals surface area contributed by atoms with E-state index in [2.05, 4.69) is 27.5 Å². The van der Waals surface area contributed by atoms with Gasteiger partial charge in [0, 0.05) is 12.1 Å². The number of allylic oxidation sites excluding steroid dienone is 1. The Morgan fingerprint density at radius 3 is 2.34 bits per heavy atom. The molecule has 0 amide bonds. The molecule has 7 heteroatoms. The number of carbonyl (C=O) groups excluding carboxylic acids is 1. The molecule has 2 heterocycles. The van der Waals surface area contributed by atoms with Crippen LogP contribution >= 0.6 is 0 Å². The van der Waals surface area contributed by atoms with Gasteiger partial charge in [-0.25, -0.2) is 9.48 Å². The minimum absolute atomic E-state index is 0.196. The Hall–Kier alpha value is -4.39. The maximum Gasteiger partial charge on any atom is 0.338 e. The van der Waals surface area contributed by atoms with Crippen LogP contribution in [0, 0.1) is 0 Å². The zero-order valence-electron chi connectivity index (χ0n) is 19.4. The summed E-state index contributed by atoms with van der Waals surface area (Å²) in [5.74, 6) is 0.954. The fourth-order valence-corrected chi connectivity index (χ4v) is 4.14. The summed E-state index contributed by atoms with van der Waals surface area (Å²) >= 11 is 0. The molecular weight excluding hydrogens is 440 g/mol. The molecule has 35 heavy (non-hydrogen) atoms. The van der Waals surface area contributed by atoms with Crippen molar-refractivity contribution in [3.8, 4) is 5.75 Å². The molecule has 1 aliphatic rings. The highest BCUT2D eigenvalue weighted by molar-refractivity contribution is 5.92. The number of esters is 1. The van der Waals surface area contributed by atoms with Gasteiger partial charge in [-0.2, -0.15) is 10.1 Å². The average Bonchev–Trinajstić information content (AvgIpc) is 3.36. The van der Waals surface area contributed by atoms with Crippen LogP contribution in [0.1, 0.15) is 29.7 Å². The number of hydrogen-bond acceptors (Lipinski definition) is 6. The monoisotopic (exact) mass is 466 g/mol. The molecule has 0 radical (unpaired) electrons. The van der Waals surface area contributed by atoms with Crippen LogP contribution in [0.4, 0.5) is 5.95 Å². The Morgan fingerprint density at radius 2 is 1.63 bits per heavy atom. The number of carbonyl (C=O) groups is 1. The molecular formula is C28H26N4O3. The average molecular weight is 467 g/mol. The number of nitrogens with one attached hydrogen (secondary N) is 1. The van der Waals surface area contributed by atoms with E-state index in [0.717, 1.165) is 23.3 Å². The molecule has 3 aromatic carbocycles. The van der Waals surface area contributed by atoms with Crippen LogP contribution in [-0.2, 0) is 22.6 Å². The fraction of sp³-hybridized carbons (Fsp3) is 0.179. The van der Waals surface area contributed by atoms with Gasteiger partial charge in [-0.15, -0.1) is 0 Å². The smallest absolute Gasteiger partial charge is 0.338 e. The van der Waals surface area contributed by atoms with Crippen LogP contribution in [0.25, 0.3) is 0 Å². The van der Waals surface area contributed by atoms with Crippen molar-refractivity contribution in [1.29, 1.82) is 0 Å². The number of rotatable bonds is 8. The van der Waals surface area contributed by atoms with Crippen LogP contribution in [0.5, 0.6) is 5.75 Å². The SMILES string of the molecule is CC1=C(C(=O)OCc2ccccc2)C(c2ccc(OCCc3ccccc3)cc2)n2ncnc2N1. The van der Waals surface area contributed by atoms with Gasteiger partial charge in [-0.05, 0) is 35.7 Å². The molecule has 0 aliphatic carbocycles. The van der Waals surface area contributed by atoms with Crippen molar-refractivity contribution in [3.63, 3.8) is 0 Å². The number of hydrogen-bond donors (Lipinski definition) is 1. The van der Waals surface area contributed by atoms with Crippen molar-refractivity contribution < 1.29 is 14.3 Å². The first kappa shape index (κ1) is 22.4. The van der Waals surface area contributed by atoms with E-state index >= 15 is 0 Å². The van der Waals surface area contributed by atoms with E-state index in [4.69, 9.17) is 9.47 Å². The summed E-state index contributed by atoms with van der Waals surface area (Å²) in [5.41, 5.74) is 4.24. The lowest BCUT2D eigenvalue weighted by molar-refractivity contribution is -0.140. The lowest BCUT2D eigenvalue weighted by Crippen LogP contribution is -2.29. The summed E-state index contributed by atoms with van der Waals surface area (Å²) in [7, 11) is 0. The third-order valence-electron chi connectivity index (χ3n) is 5.93. The molecule has 1 aromatic heterocycles. The summed E-state index contributed by atoms with van der Waals surface area (Å²) in [6, 6.07) is 27.2. The summed E-state index contributed by atoms with van der Waals surface area (Å²) in [6.45, 7) is 2.63. The standard InChI is InChI=1S/C28H26N4O3/c1-20-25(27(33)35-18-22-10-6-3-7-11-22)26(32-28(31-20)29-19-30-32)23-12-14-24(15-13-23)34-17-16-21-8-4-2-5-9-21/h2-15,19,26H,16-18H2,1H3,(H,29,30,31). The van der Waals surface area contributed by atoms with E-state index in [1.54, 1.807) is 4.68 Å². The van der Waals surface area contributed by atoms with Crippen LogP contribution in [0.3, 0.4) is 0 Å². The lowest BCUT2D eigenvalue weighted by Gasteiger charge is -2.28. The summed E-state index contributed by atoms with van der Waals surface area (Å²) in [4.78, 5) is 17.5. The second-order valence-corrected chi connectivity index (χ2v) is 8.31. The molecule has 0 saturated heterocycles. The highest BCUT2D eigenvalue weighted by Crippen LogP contribution is 2.35. The molecule has 4 aromatic rings. The Bertz CT molecular complexity index is 1320. The number of fused-ring (bicyclic) bond motifs is 1. The first-order chi connectivity index (χ1) is 17.2. The topological polar surface area (TPSA) is 78.3 Å².